The van der Waals surface area contributed by atoms with Crippen molar-refractivity contribution >= 4 is 9.84 Å². The maximum atomic E-state index is 11.4. The molecule has 0 atom stereocenters. The molecule has 7 heteroatoms. The van der Waals surface area contributed by atoms with Gasteiger partial charge < -0.3 is 9.73 Å². The monoisotopic (exact) mass is 309 g/mol. The fourth-order valence-electron chi connectivity index (χ4n) is 1.78. The lowest BCUT2D eigenvalue weighted by Gasteiger charge is -2.04. The summed E-state index contributed by atoms with van der Waals surface area (Å²) in [5.41, 5.74) is 0.706. The topological polar surface area (TPSA) is 85.1 Å². The number of aromatic nitrogens is 2. The zero-order valence-electron chi connectivity index (χ0n) is 12.3. The van der Waals surface area contributed by atoms with Crippen LogP contribution in [0.1, 0.15) is 19.7 Å². The van der Waals surface area contributed by atoms with Gasteiger partial charge in [0, 0.05) is 30.8 Å². The van der Waals surface area contributed by atoms with E-state index in [1.54, 1.807) is 12.1 Å². The van der Waals surface area contributed by atoms with Gasteiger partial charge >= 0.3 is 0 Å². The highest BCUT2D eigenvalue weighted by Crippen LogP contribution is 2.20. The van der Waals surface area contributed by atoms with Crippen LogP contribution in [-0.2, 0) is 16.3 Å². The molecule has 0 unspecified atom stereocenters. The Balaban J connectivity index is 2.07. The van der Waals surface area contributed by atoms with Crippen LogP contribution in [-0.4, -0.2) is 37.5 Å². The van der Waals surface area contributed by atoms with Crippen molar-refractivity contribution in [2.75, 3.05) is 12.8 Å². The number of sulfone groups is 1. The van der Waals surface area contributed by atoms with E-state index in [9.17, 15) is 8.42 Å². The van der Waals surface area contributed by atoms with Crippen molar-refractivity contribution in [2.24, 2.45) is 0 Å². The maximum Gasteiger partial charge on any atom is 0.247 e. The van der Waals surface area contributed by atoms with E-state index in [2.05, 4.69) is 29.4 Å². The molecule has 0 amide bonds. The summed E-state index contributed by atoms with van der Waals surface area (Å²) in [6, 6.07) is 6.82. The number of nitrogens with zero attached hydrogens (tertiary/aromatic N) is 2. The first-order chi connectivity index (χ1) is 9.86. The largest absolute Gasteiger partial charge is 0.421 e. The SMILES string of the molecule is CC(C)NCCc1nnc(-c2ccc(S(C)(=O)=O)cc2)o1. The molecule has 0 spiro atoms. The number of hydrogen-bond acceptors (Lipinski definition) is 6. The third-order valence-corrected chi connectivity index (χ3v) is 4.02. The normalized spacial score (nSPS) is 12.0. The van der Waals surface area contributed by atoms with Crippen LogP contribution in [0.2, 0.25) is 0 Å². The van der Waals surface area contributed by atoms with E-state index in [-0.39, 0.29) is 4.90 Å². The Morgan fingerprint density at radius 3 is 2.43 bits per heavy atom. The van der Waals surface area contributed by atoms with Crippen molar-refractivity contribution < 1.29 is 12.8 Å². The summed E-state index contributed by atoms with van der Waals surface area (Å²) in [5, 5.41) is 11.2. The summed E-state index contributed by atoms with van der Waals surface area (Å²) >= 11 is 0. The van der Waals surface area contributed by atoms with Crippen molar-refractivity contribution in [1.29, 1.82) is 0 Å². The van der Waals surface area contributed by atoms with Crippen LogP contribution in [0.5, 0.6) is 0 Å². The van der Waals surface area contributed by atoms with Gasteiger partial charge in [0.05, 0.1) is 4.90 Å². The Bertz CT molecular complexity index is 691. The molecule has 114 valence electrons. The van der Waals surface area contributed by atoms with Gasteiger partial charge in [0.1, 0.15) is 0 Å². The van der Waals surface area contributed by atoms with E-state index in [0.29, 0.717) is 29.8 Å². The number of benzene rings is 1. The minimum atomic E-state index is -3.19. The first-order valence-electron chi connectivity index (χ1n) is 6.72. The second-order valence-electron chi connectivity index (χ2n) is 5.16. The highest BCUT2D eigenvalue weighted by molar-refractivity contribution is 7.90. The Kier molecular flexibility index (Phi) is 4.74. The third kappa shape index (κ3) is 4.37. The summed E-state index contributed by atoms with van der Waals surface area (Å²) in [6.07, 6.45) is 1.83. The summed E-state index contributed by atoms with van der Waals surface area (Å²) in [7, 11) is -3.19. The fourth-order valence-corrected chi connectivity index (χ4v) is 2.41. The summed E-state index contributed by atoms with van der Waals surface area (Å²) in [4.78, 5) is 0.270. The van der Waals surface area contributed by atoms with Gasteiger partial charge in [-0.25, -0.2) is 8.42 Å². The van der Waals surface area contributed by atoms with E-state index < -0.39 is 9.84 Å². The van der Waals surface area contributed by atoms with E-state index in [0.717, 1.165) is 6.54 Å². The van der Waals surface area contributed by atoms with E-state index >= 15 is 0 Å². The van der Waals surface area contributed by atoms with Crippen molar-refractivity contribution in [3.63, 3.8) is 0 Å². The van der Waals surface area contributed by atoms with Gasteiger partial charge in [0.2, 0.25) is 11.8 Å². The third-order valence-electron chi connectivity index (χ3n) is 2.89. The molecule has 1 aromatic heterocycles. The molecule has 0 aliphatic rings. The zero-order chi connectivity index (χ0) is 15.5. The number of nitrogens with one attached hydrogen (secondary N) is 1. The molecular formula is C14H19N3O3S. The highest BCUT2D eigenvalue weighted by atomic mass is 32.2. The molecule has 0 radical (unpaired) electrons. The van der Waals surface area contributed by atoms with Gasteiger partial charge in [0.25, 0.3) is 0 Å². The zero-order valence-corrected chi connectivity index (χ0v) is 13.1. The molecular weight excluding hydrogens is 290 g/mol. The van der Waals surface area contributed by atoms with Gasteiger partial charge in [-0.15, -0.1) is 10.2 Å². The fraction of sp³-hybridized carbons (Fsp3) is 0.429. The molecule has 2 rings (SSSR count). The summed E-state index contributed by atoms with van der Waals surface area (Å²) < 4.78 is 28.4. The smallest absolute Gasteiger partial charge is 0.247 e. The minimum Gasteiger partial charge on any atom is -0.421 e. The van der Waals surface area contributed by atoms with Gasteiger partial charge in [-0.3, -0.25) is 0 Å². The average Bonchev–Trinajstić information content (AvgIpc) is 2.86. The van der Waals surface area contributed by atoms with Gasteiger partial charge in [-0.2, -0.15) is 0 Å². The molecule has 0 aliphatic carbocycles. The van der Waals surface area contributed by atoms with Crippen molar-refractivity contribution in [3.05, 3.63) is 30.2 Å². The number of hydrogen-bond donors (Lipinski definition) is 1. The van der Waals surface area contributed by atoms with Crippen molar-refractivity contribution in [1.82, 2.24) is 15.5 Å². The minimum absolute atomic E-state index is 0.270. The molecule has 0 bridgehead atoms. The Morgan fingerprint density at radius 1 is 1.19 bits per heavy atom. The van der Waals surface area contributed by atoms with Crippen LogP contribution < -0.4 is 5.32 Å². The van der Waals surface area contributed by atoms with Gasteiger partial charge in [0.15, 0.2) is 9.84 Å². The second-order valence-corrected chi connectivity index (χ2v) is 7.17. The lowest BCUT2D eigenvalue weighted by atomic mass is 10.2. The molecule has 21 heavy (non-hydrogen) atoms. The van der Waals surface area contributed by atoms with Crippen LogP contribution in [0, 0.1) is 0 Å². The number of rotatable bonds is 6. The lowest BCUT2D eigenvalue weighted by molar-refractivity contribution is 0.484. The van der Waals surface area contributed by atoms with Gasteiger partial charge in [-0.1, -0.05) is 13.8 Å². The molecule has 0 saturated heterocycles. The Morgan fingerprint density at radius 2 is 1.86 bits per heavy atom. The maximum absolute atomic E-state index is 11.4. The van der Waals surface area contributed by atoms with Crippen LogP contribution in [0.3, 0.4) is 0 Å². The van der Waals surface area contributed by atoms with Crippen LogP contribution in [0.25, 0.3) is 11.5 Å². The molecule has 0 saturated carbocycles. The Labute approximate surface area is 124 Å². The van der Waals surface area contributed by atoms with Crippen molar-refractivity contribution in [3.8, 4) is 11.5 Å². The van der Waals surface area contributed by atoms with Crippen LogP contribution in [0.15, 0.2) is 33.6 Å². The van der Waals surface area contributed by atoms with E-state index in [1.165, 1.54) is 18.4 Å². The quantitative estimate of drug-likeness (QED) is 0.874. The predicted octanol–water partition coefficient (Wildman–Crippen LogP) is 1.68. The molecule has 1 heterocycles. The second kappa shape index (κ2) is 6.36. The molecule has 0 aliphatic heterocycles. The van der Waals surface area contributed by atoms with E-state index in [1.807, 2.05) is 0 Å². The van der Waals surface area contributed by atoms with Gasteiger partial charge in [-0.05, 0) is 24.3 Å². The van der Waals surface area contributed by atoms with E-state index in [4.69, 9.17) is 4.42 Å². The summed E-state index contributed by atoms with van der Waals surface area (Å²) in [5.74, 6) is 0.958. The highest BCUT2D eigenvalue weighted by Gasteiger charge is 2.11. The van der Waals surface area contributed by atoms with Crippen LogP contribution in [0.4, 0.5) is 0 Å². The molecule has 0 fully saturated rings. The predicted molar refractivity (Wildman–Crippen MR) is 79.7 cm³/mol. The Hall–Kier alpha value is -1.73. The molecule has 6 nitrogen and oxygen atoms in total. The van der Waals surface area contributed by atoms with Crippen molar-refractivity contribution in [2.45, 2.75) is 31.2 Å². The standard InChI is InChI=1S/C14H19N3O3S/c1-10(2)15-9-8-13-16-17-14(20-13)11-4-6-12(7-5-11)21(3,18)19/h4-7,10,15H,8-9H2,1-3H3. The first-order valence-corrected chi connectivity index (χ1v) is 8.61. The summed E-state index contributed by atoms with van der Waals surface area (Å²) in [6.45, 7) is 4.91. The lowest BCUT2D eigenvalue weighted by Crippen LogP contribution is -2.25. The average molecular weight is 309 g/mol. The first kappa shape index (κ1) is 15.7. The molecule has 1 N–H and O–H groups in total. The molecule has 2 aromatic rings. The van der Waals surface area contributed by atoms with Crippen LogP contribution >= 0.6 is 0 Å². The molecule has 1 aromatic carbocycles.